The molecule has 1 saturated heterocycles. The van der Waals surface area contributed by atoms with Crippen LogP contribution in [0.3, 0.4) is 0 Å². The number of hydrogen-bond donors (Lipinski definition) is 1. The smallest absolute Gasteiger partial charge is 0.315 e. The Bertz CT molecular complexity index is 400. The van der Waals surface area contributed by atoms with E-state index < -0.39 is 11.8 Å². The van der Waals surface area contributed by atoms with Crippen molar-refractivity contribution in [2.24, 2.45) is 0 Å². The molecule has 0 aliphatic carbocycles. The van der Waals surface area contributed by atoms with Gasteiger partial charge < -0.3 is 9.80 Å². The zero-order chi connectivity index (χ0) is 12.3. The van der Waals surface area contributed by atoms with Crippen LogP contribution in [0.15, 0.2) is 5.51 Å². The van der Waals surface area contributed by atoms with Crippen molar-refractivity contribution in [3.05, 3.63) is 5.51 Å². The molecule has 0 aromatic carbocycles. The van der Waals surface area contributed by atoms with Gasteiger partial charge in [0, 0.05) is 26.2 Å². The number of likely N-dealkylation sites (N-methyl/N-ethyl adjacent to an activating group) is 1. The van der Waals surface area contributed by atoms with Crippen LogP contribution in [0.4, 0.5) is 5.13 Å². The van der Waals surface area contributed by atoms with Crippen LogP contribution < -0.4 is 5.32 Å². The minimum Gasteiger partial charge on any atom is -0.332 e. The van der Waals surface area contributed by atoms with Crippen LogP contribution in [0.1, 0.15) is 0 Å². The second-order valence-corrected chi connectivity index (χ2v) is 4.63. The molecule has 0 bridgehead atoms. The van der Waals surface area contributed by atoms with Gasteiger partial charge >= 0.3 is 11.8 Å². The molecule has 2 heterocycles. The summed E-state index contributed by atoms with van der Waals surface area (Å²) in [5, 5.41) is 10.0. The monoisotopic (exact) mass is 255 g/mol. The molecule has 1 aliphatic rings. The fourth-order valence-corrected chi connectivity index (χ4v) is 1.97. The summed E-state index contributed by atoms with van der Waals surface area (Å²) in [6.45, 7) is 2.74. The van der Waals surface area contributed by atoms with Crippen LogP contribution in [-0.2, 0) is 9.59 Å². The van der Waals surface area contributed by atoms with Crippen molar-refractivity contribution in [1.29, 1.82) is 0 Å². The van der Waals surface area contributed by atoms with E-state index in [0.717, 1.165) is 13.1 Å². The van der Waals surface area contributed by atoms with E-state index in [0.29, 0.717) is 18.2 Å². The maximum absolute atomic E-state index is 11.8. The zero-order valence-electron chi connectivity index (χ0n) is 9.42. The molecular formula is C9H13N5O2S. The molecular weight excluding hydrogens is 242 g/mol. The molecule has 2 rings (SSSR count). The highest BCUT2D eigenvalue weighted by Crippen LogP contribution is 2.08. The van der Waals surface area contributed by atoms with Gasteiger partial charge in [-0.2, -0.15) is 0 Å². The molecule has 7 nitrogen and oxygen atoms in total. The lowest BCUT2D eigenvalue weighted by Crippen LogP contribution is -2.50. The van der Waals surface area contributed by atoms with Crippen molar-refractivity contribution in [3.8, 4) is 0 Å². The highest BCUT2D eigenvalue weighted by Gasteiger charge is 2.25. The molecule has 1 fully saturated rings. The lowest BCUT2D eigenvalue weighted by atomic mass is 10.3. The summed E-state index contributed by atoms with van der Waals surface area (Å²) < 4.78 is 0. The summed E-state index contributed by atoms with van der Waals surface area (Å²) in [5.41, 5.74) is 1.50. The maximum atomic E-state index is 11.8. The van der Waals surface area contributed by atoms with E-state index in [2.05, 4.69) is 20.4 Å². The number of carbonyl (C=O) groups excluding carboxylic acids is 2. The van der Waals surface area contributed by atoms with Crippen molar-refractivity contribution >= 4 is 28.3 Å². The van der Waals surface area contributed by atoms with E-state index in [1.807, 2.05) is 7.05 Å². The van der Waals surface area contributed by atoms with Gasteiger partial charge in [0.25, 0.3) is 0 Å². The van der Waals surface area contributed by atoms with Crippen molar-refractivity contribution in [2.45, 2.75) is 0 Å². The third-order valence-electron chi connectivity index (χ3n) is 2.57. The fraction of sp³-hybridized carbons (Fsp3) is 0.556. The highest BCUT2D eigenvalue weighted by atomic mass is 32.1. The van der Waals surface area contributed by atoms with Crippen molar-refractivity contribution in [1.82, 2.24) is 20.0 Å². The average Bonchev–Trinajstić information content (AvgIpc) is 2.82. The molecule has 0 radical (unpaired) electrons. The Morgan fingerprint density at radius 3 is 2.65 bits per heavy atom. The Morgan fingerprint density at radius 1 is 1.35 bits per heavy atom. The van der Waals surface area contributed by atoms with Gasteiger partial charge in [-0.3, -0.25) is 14.9 Å². The minimum atomic E-state index is -0.647. The van der Waals surface area contributed by atoms with E-state index in [4.69, 9.17) is 0 Å². The Hall–Kier alpha value is -1.54. The van der Waals surface area contributed by atoms with Crippen molar-refractivity contribution < 1.29 is 9.59 Å². The maximum Gasteiger partial charge on any atom is 0.315 e. The first-order chi connectivity index (χ1) is 8.16. The number of rotatable bonds is 1. The van der Waals surface area contributed by atoms with Crippen LogP contribution in [0, 0.1) is 0 Å². The van der Waals surface area contributed by atoms with Crippen LogP contribution in [0.2, 0.25) is 0 Å². The van der Waals surface area contributed by atoms with Gasteiger partial charge in [0.15, 0.2) is 0 Å². The lowest BCUT2D eigenvalue weighted by molar-refractivity contribution is -0.144. The molecule has 2 amide bonds. The van der Waals surface area contributed by atoms with Gasteiger partial charge in [-0.05, 0) is 7.05 Å². The molecule has 0 unspecified atom stereocenters. The highest BCUT2D eigenvalue weighted by molar-refractivity contribution is 7.13. The molecule has 8 heteroatoms. The van der Waals surface area contributed by atoms with Crippen molar-refractivity contribution in [3.63, 3.8) is 0 Å². The molecule has 1 N–H and O–H groups in total. The number of amides is 2. The molecule has 1 aromatic rings. The molecule has 17 heavy (non-hydrogen) atoms. The largest absolute Gasteiger partial charge is 0.332 e. The first-order valence-electron chi connectivity index (χ1n) is 5.22. The number of nitrogens with zero attached hydrogens (tertiary/aromatic N) is 4. The zero-order valence-corrected chi connectivity index (χ0v) is 10.2. The second kappa shape index (κ2) is 5.19. The van der Waals surface area contributed by atoms with Gasteiger partial charge in [0.2, 0.25) is 5.13 Å². The van der Waals surface area contributed by atoms with Crippen LogP contribution in [0.5, 0.6) is 0 Å². The number of aromatic nitrogens is 2. The van der Waals surface area contributed by atoms with Gasteiger partial charge in [-0.1, -0.05) is 11.3 Å². The Kier molecular flexibility index (Phi) is 3.64. The first kappa shape index (κ1) is 11.9. The van der Waals surface area contributed by atoms with Gasteiger partial charge in [-0.25, -0.2) is 0 Å². The summed E-state index contributed by atoms with van der Waals surface area (Å²) in [6.07, 6.45) is 0. The summed E-state index contributed by atoms with van der Waals surface area (Å²) in [7, 11) is 1.99. The normalized spacial score (nSPS) is 16.9. The second-order valence-electron chi connectivity index (χ2n) is 3.79. The van der Waals surface area contributed by atoms with E-state index in [-0.39, 0.29) is 0 Å². The summed E-state index contributed by atoms with van der Waals surface area (Å²) in [5.74, 6) is -1.15. The summed E-state index contributed by atoms with van der Waals surface area (Å²) >= 11 is 1.18. The first-order valence-corrected chi connectivity index (χ1v) is 6.10. The number of hydrogen-bond acceptors (Lipinski definition) is 6. The number of nitrogens with one attached hydrogen (secondary N) is 1. The molecule has 1 aliphatic heterocycles. The van der Waals surface area contributed by atoms with Gasteiger partial charge in [0.05, 0.1) is 0 Å². The van der Waals surface area contributed by atoms with Crippen LogP contribution in [0.25, 0.3) is 0 Å². The molecule has 1 aromatic heterocycles. The Labute approximate surface area is 102 Å². The minimum absolute atomic E-state index is 0.345. The molecule has 92 valence electrons. The Morgan fingerprint density at radius 2 is 2.06 bits per heavy atom. The third kappa shape index (κ3) is 2.98. The topological polar surface area (TPSA) is 78.4 Å². The van der Waals surface area contributed by atoms with Crippen LogP contribution in [-0.4, -0.2) is 65.0 Å². The number of anilines is 1. The van der Waals surface area contributed by atoms with E-state index in [9.17, 15) is 9.59 Å². The SMILES string of the molecule is CN1CCN(C(=O)C(=O)Nc2nncs2)CC1. The van der Waals surface area contributed by atoms with Crippen LogP contribution >= 0.6 is 11.3 Å². The summed E-state index contributed by atoms with van der Waals surface area (Å²) in [4.78, 5) is 27.1. The fourth-order valence-electron chi connectivity index (χ4n) is 1.53. The quantitative estimate of drug-likeness (QED) is 0.668. The van der Waals surface area contributed by atoms with E-state index >= 15 is 0 Å². The summed E-state index contributed by atoms with van der Waals surface area (Å²) in [6, 6.07) is 0. The lowest BCUT2D eigenvalue weighted by Gasteiger charge is -2.31. The third-order valence-corrected chi connectivity index (χ3v) is 3.17. The van der Waals surface area contributed by atoms with E-state index in [1.165, 1.54) is 16.8 Å². The van der Waals surface area contributed by atoms with Gasteiger partial charge in [-0.15, -0.1) is 10.2 Å². The average molecular weight is 255 g/mol. The predicted molar refractivity (Wildman–Crippen MR) is 62.6 cm³/mol. The molecule has 0 spiro atoms. The number of piperazine rings is 1. The van der Waals surface area contributed by atoms with Gasteiger partial charge in [0.1, 0.15) is 5.51 Å². The number of carbonyl (C=O) groups is 2. The Balaban J connectivity index is 1.89. The molecule has 0 atom stereocenters. The predicted octanol–water partition coefficient (Wildman–Crippen LogP) is -0.749. The van der Waals surface area contributed by atoms with E-state index in [1.54, 1.807) is 4.90 Å². The standard InChI is InChI=1S/C9H13N5O2S/c1-13-2-4-14(5-3-13)8(16)7(15)11-9-12-10-6-17-9/h6H,2-5H2,1H3,(H,11,12,15). The molecule has 0 saturated carbocycles. The van der Waals surface area contributed by atoms with Crippen molar-refractivity contribution in [2.75, 3.05) is 38.5 Å².